The van der Waals surface area contributed by atoms with Crippen LogP contribution in [0.15, 0.2) is 0 Å². The number of hydrogen-bond donors (Lipinski definition) is 1. The Balaban J connectivity index is 1.84. The molecule has 0 aromatic heterocycles. The van der Waals surface area contributed by atoms with E-state index in [1.165, 1.54) is 38.5 Å². The van der Waals surface area contributed by atoms with Crippen LogP contribution >= 0.6 is 0 Å². The molecule has 0 saturated heterocycles. The largest absolute Gasteiger partial charge is 0.393 e. The Labute approximate surface area is 76.2 Å². The smallest absolute Gasteiger partial charge is 0.0540 e. The highest BCUT2D eigenvalue weighted by molar-refractivity contribution is 4.74. The lowest BCUT2D eigenvalue weighted by atomic mass is 10.1. The number of aliphatic hydroxyl groups excluding tert-OH is 1. The van der Waals surface area contributed by atoms with E-state index in [2.05, 4.69) is 6.92 Å². The first kappa shape index (κ1) is 10.0. The summed E-state index contributed by atoms with van der Waals surface area (Å²) in [6.07, 6.45) is 9.93. The van der Waals surface area contributed by atoms with Gasteiger partial charge in [-0.2, -0.15) is 0 Å². The van der Waals surface area contributed by atoms with Gasteiger partial charge in [-0.15, -0.1) is 0 Å². The highest BCUT2D eigenvalue weighted by Crippen LogP contribution is 2.34. The third kappa shape index (κ3) is 4.76. The van der Waals surface area contributed by atoms with Crippen molar-refractivity contribution >= 4 is 0 Å². The van der Waals surface area contributed by atoms with Gasteiger partial charge in [0.15, 0.2) is 0 Å². The van der Waals surface area contributed by atoms with Gasteiger partial charge in [0.1, 0.15) is 0 Å². The van der Waals surface area contributed by atoms with E-state index in [1.807, 2.05) is 0 Å². The van der Waals surface area contributed by atoms with Gasteiger partial charge in [0.2, 0.25) is 0 Å². The molecule has 0 amide bonds. The van der Waals surface area contributed by atoms with Gasteiger partial charge in [-0.3, -0.25) is 0 Å². The van der Waals surface area contributed by atoms with E-state index >= 15 is 0 Å². The summed E-state index contributed by atoms with van der Waals surface area (Å²) in [6.45, 7) is 2.20. The van der Waals surface area contributed by atoms with Crippen molar-refractivity contribution in [2.24, 2.45) is 5.92 Å². The molecule has 1 aliphatic carbocycles. The molecule has 0 radical (unpaired) electrons. The van der Waals surface area contributed by atoms with Crippen LogP contribution in [0.25, 0.3) is 0 Å². The quantitative estimate of drug-likeness (QED) is 0.582. The Morgan fingerprint density at radius 2 is 2.00 bits per heavy atom. The van der Waals surface area contributed by atoms with E-state index in [1.54, 1.807) is 0 Å². The first-order valence-electron chi connectivity index (χ1n) is 5.51. The molecule has 0 heterocycles. The zero-order valence-corrected chi connectivity index (χ0v) is 8.26. The third-order valence-electron chi connectivity index (χ3n) is 2.75. The summed E-state index contributed by atoms with van der Waals surface area (Å²) >= 11 is 0. The molecule has 1 nitrogen and oxygen atoms in total. The molecule has 0 bridgehead atoms. The minimum atomic E-state index is -0.00264. The maximum absolute atomic E-state index is 9.55. The first-order chi connectivity index (χ1) is 5.83. The molecule has 1 aliphatic rings. The maximum Gasteiger partial charge on any atom is 0.0540 e. The van der Waals surface area contributed by atoms with Crippen molar-refractivity contribution in [3.05, 3.63) is 0 Å². The van der Waals surface area contributed by atoms with Crippen LogP contribution < -0.4 is 0 Å². The normalized spacial score (nSPS) is 19.5. The van der Waals surface area contributed by atoms with Crippen molar-refractivity contribution < 1.29 is 5.11 Å². The molecule has 1 fully saturated rings. The Morgan fingerprint density at radius 3 is 2.58 bits per heavy atom. The van der Waals surface area contributed by atoms with E-state index in [0.717, 1.165) is 18.8 Å². The molecule has 12 heavy (non-hydrogen) atoms. The fourth-order valence-electron chi connectivity index (χ4n) is 1.61. The van der Waals surface area contributed by atoms with E-state index in [4.69, 9.17) is 0 Å². The van der Waals surface area contributed by atoms with Crippen LogP contribution in [0.3, 0.4) is 0 Å². The van der Waals surface area contributed by atoms with Crippen LogP contribution in [-0.2, 0) is 0 Å². The summed E-state index contributed by atoms with van der Waals surface area (Å²) < 4.78 is 0. The van der Waals surface area contributed by atoms with Crippen LogP contribution in [0.1, 0.15) is 58.3 Å². The molecule has 1 unspecified atom stereocenters. The summed E-state index contributed by atoms with van der Waals surface area (Å²) in [5.74, 6) is 0.978. The predicted octanol–water partition coefficient (Wildman–Crippen LogP) is 3.12. The van der Waals surface area contributed by atoms with Crippen molar-refractivity contribution in [2.75, 3.05) is 0 Å². The highest BCUT2D eigenvalue weighted by atomic mass is 16.3. The van der Waals surface area contributed by atoms with Crippen LogP contribution in [0.2, 0.25) is 0 Å². The molecule has 0 aliphatic heterocycles. The summed E-state index contributed by atoms with van der Waals surface area (Å²) in [5, 5.41) is 9.55. The molecule has 1 heteroatoms. The summed E-state index contributed by atoms with van der Waals surface area (Å²) in [5.41, 5.74) is 0. The fourth-order valence-corrected chi connectivity index (χ4v) is 1.61. The number of aliphatic hydroxyl groups is 1. The zero-order chi connectivity index (χ0) is 8.81. The van der Waals surface area contributed by atoms with E-state index in [0.29, 0.717) is 0 Å². The Hall–Kier alpha value is -0.0400. The average molecular weight is 170 g/mol. The molecule has 1 N–H and O–H groups in total. The second-order valence-electron chi connectivity index (χ2n) is 4.17. The monoisotopic (exact) mass is 170 g/mol. The van der Waals surface area contributed by atoms with Crippen molar-refractivity contribution in [3.8, 4) is 0 Å². The highest BCUT2D eigenvalue weighted by Gasteiger charge is 2.21. The lowest BCUT2D eigenvalue weighted by molar-refractivity contribution is 0.146. The van der Waals surface area contributed by atoms with Crippen molar-refractivity contribution in [1.29, 1.82) is 0 Å². The molecule has 0 spiro atoms. The molecular formula is C11H22O. The predicted molar refractivity (Wildman–Crippen MR) is 52.1 cm³/mol. The van der Waals surface area contributed by atoms with Gasteiger partial charge in [0.25, 0.3) is 0 Å². The lowest BCUT2D eigenvalue weighted by Crippen LogP contribution is -2.06. The van der Waals surface area contributed by atoms with Crippen LogP contribution in [0, 0.1) is 5.92 Å². The van der Waals surface area contributed by atoms with E-state index < -0.39 is 0 Å². The van der Waals surface area contributed by atoms with Crippen molar-refractivity contribution in [2.45, 2.75) is 64.4 Å². The van der Waals surface area contributed by atoms with Crippen LogP contribution in [0.4, 0.5) is 0 Å². The Morgan fingerprint density at radius 1 is 1.25 bits per heavy atom. The van der Waals surface area contributed by atoms with Gasteiger partial charge < -0.3 is 5.11 Å². The van der Waals surface area contributed by atoms with E-state index in [-0.39, 0.29) is 6.10 Å². The van der Waals surface area contributed by atoms with E-state index in [9.17, 15) is 5.11 Å². The Kier molecular flexibility index (Phi) is 4.67. The molecule has 1 rings (SSSR count). The molecule has 72 valence electrons. The third-order valence-corrected chi connectivity index (χ3v) is 2.75. The average Bonchev–Trinajstić information content (AvgIpc) is 2.84. The van der Waals surface area contributed by atoms with Gasteiger partial charge >= 0.3 is 0 Å². The molecule has 1 saturated carbocycles. The lowest BCUT2D eigenvalue weighted by Gasteiger charge is -2.08. The SMILES string of the molecule is CCCCCC(O)CCC1CC1. The number of unbranched alkanes of at least 4 members (excludes halogenated alkanes) is 2. The molecule has 1 atom stereocenters. The van der Waals surface area contributed by atoms with Gasteiger partial charge in [0, 0.05) is 0 Å². The van der Waals surface area contributed by atoms with Gasteiger partial charge in [-0.25, -0.2) is 0 Å². The second-order valence-corrected chi connectivity index (χ2v) is 4.17. The van der Waals surface area contributed by atoms with Crippen molar-refractivity contribution in [3.63, 3.8) is 0 Å². The minimum absolute atomic E-state index is 0.00264. The second kappa shape index (κ2) is 5.58. The zero-order valence-electron chi connectivity index (χ0n) is 8.26. The summed E-state index contributed by atoms with van der Waals surface area (Å²) in [4.78, 5) is 0. The van der Waals surface area contributed by atoms with Crippen LogP contribution in [-0.4, -0.2) is 11.2 Å². The Bertz CT molecular complexity index is 108. The van der Waals surface area contributed by atoms with Gasteiger partial charge in [0.05, 0.1) is 6.10 Å². The van der Waals surface area contributed by atoms with Gasteiger partial charge in [-0.05, 0) is 25.2 Å². The number of rotatable bonds is 7. The molecular weight excluding hydrogens is 148 g/mol. The first-order valence-corrected chi connectivity index (χ1v) is 5.51. The number of hydrogen-bond acceptors (Lipinski definition) is 1. The van der Waals surface area contributed by atoms with Crippen molar-refractivity contribution in [1.82, 2.24) is 0 Å². The summed E-state index contributed by atoms with van der Waals surface area (Å²) in [6, 6.07) is 0. The summed E-state index contributed by atoms with van der Waals surface area (Å²) in [7, 11) is 0. The maximum atomic E-state index is 9.55. The van der Waals surface area contributed by atoms with Crippen LogP contribution in [0.5, 0.6) is 0 Å². The topological polar surface area (TPSA) is 20.2 Å². The standard InChI is InChI=1S/C11H22O/c1-2-3-4-5-11(12)9-8-10-6-7-10/h10-12H,2-9H2,1H3. The minimum Gasteiger partial charge on any atom is -0.393 e. The van der Waals surface area contributed by atoms with Gasteiger partial charge in [-0.1, -0.05) is 39.0 Å². The molecule has 0 aromatic rings. The molecule has 0 aromatic carbocycles. The fraction of sp³-hybridized carbons (Fsp3) is 1.00.